The van der Waals surface area contributed by atoms with Gasteiger partial charge in [0.1, 0.15) is 5.82 Å². The van der Waals surface area contributed by atoms with Crippen LogP contribution in [0, 0.1) is 11.7 Å². The molecule has 2 N–H and O–H groups in total. The number of hydrogen-bond acceptors (Lipinski definition) is 3. The van der Waals surface area contributed by atoms with Gasteiger partial charge in [0.25, 0.3) is 0 Å². The van der Waals surface area contributed by atoms with Crippen LogP contribution in [0.15, 0.2) is 18.2 Å². The van der Waals surface area contributed by atoms with Crippen molar-refractivity contribution < 1.29 is 13.9 Å². The van der Waals surface area contributed by atoms with Gasteiger partial charge in [-0.05, 0) is 30.5 Å². The Morgan fingerprint density at radius 2 is 2.19 bits per heavy atom. The number of carbonyl (C=O) groups excluding carboxylic acids is 1. The van der Waals surface area contributed by atoms with Crippen molar-refractivity contribution in [3.63, 3.8) is 0 Å². The molecule has 4 heteroatoms. The molecule has 0 amide bonds. The number of anilines is 1. The molecule has 3 nitrogen and oxygen atoms in total. The largest absolute Gasteiger partial charge is 0.462 e. The van der Waals surface area contributed by atoms with Gasteiger partial charge in [-0.15, -0.1) is 0 Å². The van der Waals surface area contributed by atoms with Crippen LogP contribution in [0.3, 0.4) is 0 Å². The second kappa shape index (κ2) is 5.49. The number of nitrogens with two attached hydrogens (primary N) is 1. The van der Waals surface area contributed by atoms with Crippen LogP contribution in [-0.4, -0.2) is 12.6 Å². The summed E-state index contributed by atoms with van der Waals surface area (Å²) in [5.41, 5.74) is 5.52. The summed E-state index contributed by atoms with van der Waals surface area (Å²) in [6.45, 7) is 4.43. The highest BCUT2D eigenvalue weighted by molar-refractivity contribution is 5.89. The lowest BCUT2D eigenvalue weighted by Gasteiger charge is -2.07. The van der Waals surface area contributed by atoms with Gasteiger partial charge >= 0.3 is 5.97 Å². The van der Waals surface area contributed by atoms with Gasteiger partial charge in [-0.2, -0.15) is 0 Å². The van der Waals surface area contributed by atoms with Crippen molar-refractivity contribution in [2.75, 3.05) is 12.3 Å². The van der Waals surface area contributed by atoms with E-state index in [1.54, 1.807) is 0 Å². The lowest BCUT2D eigenvalue weighted by molar-refractivity contribution is 0.0487. The van der Waals surface area contributed by atoms with Gasteiger partial charge in [0.2, 0.25) is 0 Å². The number of rotatable bonds is 4. The van der Waals surface area contributed by atoms with Crippen molar-refractivity contribution in [3.8, 4) is 0 Å². The molecule has 0 heterocycles. The SMILES string of the molecule is CC(C)CCOC(=O)c1ccc(N)c(F)c1. The van der Waals surface area contributed by atoms with Crippen molar-refractivity contribution >= 4 is 11.7 Å². The average Bonchev–Trinajstić information content (AvgIpc) is 2.21. The quantitative estimate of drug-likeness (QED) is 0.633. The van der Waals surface area contributed by atoms with Gasteiger partial charge in [0.15, 0.2) is 0 Å². The predicted molar refractivity (Wildman–Crippen MR) is 60.5 cm³/mol. The van der Waals surface area contributed by atoms with Crippen molar-refractivity contribution in [2.24, 2.45) is 5.92 Å². The minimum atomic E-state index is -0.599. The number of carbonyl (C=O) groups is 1. The fourth-order valence-corrected chi connectivity index (χ4v) is 1.12. The molecule has 0 aliphatic carbocycles. The molecule has 0 unspecified atom stereocenters. The lowest BCUT2D eigenvalue weighted by atomic mass is 10.1. The summed E-state index contributed by atoms with van der Waals surface area (Å²) in [6.07, 6.45) is 0.795. The molecule has 0 fully saturated rings. The standard InChI is InChI=1S/C12H16FNO2/c1-8(2)5-6-16-12(15)9-3-4-11(14)10(13)7-9/h3-4,7-8H,5-6,14H2,1-2H3. The van der Waals surface area contributed by atoms with Crippen molar-refractivity contribution in [1.82, 2.24) is 0 Å². The van der Waals surface area contributed by atoms with Gasteiger partial charge in [-0.3, -0.25) is 0 Å². The number of esters is 1. The normalized spacial score (nSPS) is 10.5. The third kappa shape index (κ3) is 3.53. The maximum Gasteiger partial charge on any atom is 0.338 e. The first-order valence-corrected chi connectivity index (χ1v) is 5.23. The van der Waals surface area contributed by atoms with Crippen LogP contribution in [0.1, 0.15) is 30.6 Å². The van der Waals surface area contributed by atoms with E-state index >= 15 is 0 Å². The summed E-state index contributed by atoms with van der Waals surface area (Å²) < 4.78 is 18.0. The van der Waals surface area contributed by atoms with Gasteiger partial charge < -0.3 is 10.5 Å². The molecule has 0 aromatic heterocycles. The van der Waals surface area contributed by atoms with Gasteiger partial charge in [-0.25, -0.2) is 9.18 Å². The number of ether oxygens (including phenoxy) is 1. The Balaban J connectivity index is 2.56. The van der Waals surface area contributed by atoms with E-state index in [2.05, 4.69) is 0 Å². The monoisotopic (exact) mass is 225 g/mol. The van der Waals surface area contributed by atoms with E-state index in [4.69, 9.17) is 10.5 Å². The zero-order chi connectivity index (χ0) is 12.1. The maximum absolute atomic E-state index is 13.1. The second-order valence-corrected chi connectivity index (χ2v) is 4.05. The maximum atomic E-state index is 13.1. The van der Waals surface area contributed by atoms with Crippen molar-refractivity contribution in [2.45, 2.75) is 20.3 Å². The average molecular weight is 225 g/mol. The van der Waals surface area contributed by atoms with Gasteiger partial charge in [-0.1, -0.05) is 13.8 Å². The molecule has 0 aliphatic rings. The molecule has 0 radical (unpaired) electrons. The minimum Gasteiger partial charge on any atom is -0.462 e. The summed E-state index contributed by atoms with van der Waals surface area (Å²) in [6, 6.07) is 3.90. The molecule has 0 atom stereocenters. The molecule has 0 saturated heterocycles. The zero-order valence-corrected chi connectivity index (χ0v) is 9.50. The third-order valence-corrected chi connectivity index (χ3v) is 2.16. The highest BCUT2D eigenvalue weighted by atomic mass is 19.1. The molecule has 0 spiro atoms. The topological polar surface area (TPSA) is 52.3 Å². The summed E-state index contributed by atoms with van der Waals surface area (Å²) in [5, 5.41) is 0. The molecule has 88 valence electrons. The number of hydrogen-bond donors (Lipinski definition) is 1. The molecular weight excluding hydrogens is 209 g/mol. The predicted octanol–water partition coefficient (Wildman–Crippen LogP) is 2.61. The van der Waals surface area contributed by atoms with E-state index < -0.39 is 11.8 Å². The van der Waals surface area contributed by atoms with Crippen LogP contribution in [0.2, 0.25) is 0 Å². The Bertz CT molecular complexity index is 377. The molecule has 0 aliphatic heterocycles. The summed E-state index contributed by atoms with van der Waals surface area (Å²) in [5.74, 6) is -0.645. The molecule has 1 rings (SSSR count). The molecule has 0 bridgehead atoms. The van der Waals surface area contributed by atoms with Crippen molar-refractivity contribution in [1.29, 1.82) is 0 Å². The van der Waals surface area contributed by atoms with Crippen LogP contribution in [0.4, 0.5) is 10.1 Å². The van der Waals surface area contributed by atoms with E-state index in [1.807, 2.05) is 13.8 Å². The molecular formula is C12H16FNO2. The van der Waals surface area contributed by atoms with Crippen LogP contribution < -0.4 is 5.73 Å². The van der Waals surface area contributed by atoms with E-state index in [0.717, 1.165) is 12.5 Å². The van der Waals surface area contributed by atoms with E-state index in [-0.39, 0.29) is 11.3 Å². The third-order valence-electron chi connectivity index (χ3n) is 2.16. The highest BCUT2D eigenvalue weighted by Gasteiger charge is 2.09. The van der Waals surface area contributed by atoms with Gasteiger partial charge in [0.05, 0.1) is 17.9 Å². The van der Waals surface area contributed by atoms with Crippen molar-refractivity contribution in [3.05, 3.63) is 29.6 Å². The number of halogens is 1. The first-order chi connectivity index (χ1) is 7.50. The zero-order valence-electron chi connectivity index (χ0n) is 9.50. The van der Waals surface area contributed by atoms with E-state index in [9.17, 15) is 9.18 Å². The van der Waals surface area contributed by atoms with E-state index in [1.165, 1.54) is 12.1 Å². The number of nitrogen functional groups attached to an aromatic ring is 1. The van der Waals surface area contributed by atoms with Crippen LogP contribution in [0.25, 0.3) is 0 Å². The van der Waals surface area contributed by atoms with Crippen LogP contribution in [-0.2, 0) is 4.74 Å². The minimum absolute atomic E-state index is 0.0266. The Morgan fingerprint density at radius 3 is 2.75 bits per heavy atom. The molecule has 1 aromatic rings. The first kappa shape index (κ1) is 12.5. The highest BCUT2D eigenvalue weighted by Crippen LogP contribution is 2.13. The lowest BCUT2D eigenvalue weighted by Crippen LogP contribution is -2.08. The number of benzene rings is 1. The second-order valence-electron chi connectivity index (χ2n) is 4.05. The Labute approximate surface area is 94.4 Å². The molecule has 1 aromatic carbocycles. The van der Waals surface area contributed by atoms with Crippen LogP contribution in [0.5, 0.6) is 0 Å². The fourth-order valence-electron chi connectivity index (χ4n) is 1.12. The van der Waals surface area contributed by atoms with Crippen LogP contribution >= 0.6 is 0 Å². The van der Waals surface area contributed by atoms with E-state index in [0.29, 0.717) is 12.5 Å². The molecule has 0 saturated carbocycles. The Hall–Kier alpha value is -1.58. The summed E-state index contributed by atoms with van der Waals surface area (Å²) in [4.78, 5) is 11.5. The Morgan fingerprint density at radius 1 is 1.50 bits per heavy atom. The fraction of sp³-hybridized carbons (Fsp3) is 0.417. The molecule has 16 heavy (non-hydrogen) atoms. The summed E-state index contributed by atoms with van der Waals surface area (Å²) in [7, 11) is 0. The Kier molecular flexibility index (Phi) is 4.28. The summed E-state index contributed by atoms with van der Waals surface area (Å²) >= 11 is 0. The first-order valence-electron chi connectivity index (χ1n) is 5.23. The smallest absolute Gasteiger partial charge is 0.338 e. The van der Waals surface area contributed by atoms with Gasteiger partial charge in [0, 0.05) is 0 Å².